The SMILES string of the molecule is C=C[C@H]1CN2CC[C@H]1C[C@H]2[C@H](c1ccnc2ccc(OC)cc12)n1nc2ccccc2n1. The topological polar surface area (TPSA) is 56.1 Å². The fourth-order valence-corrected chi connectivity index (χ4v) is 5.72. The molecule has 3 aliphatic heterocycles. The summed E-state index contributed by atoms with van der Waals surface area (Å²) < 4.78 is 5.55. The molecule has 2 aromatic carbocycles. The Balaban J connectivity index is 1.54. The predicted molar refractivity (Wildman–Crippen MR) is 126 cm³/mol. The van der Waals surface area contributed by atoms with Crippen molar-refractivity contribution in [3.63, 3.8) is 0 Å². The minimum Gasteiger partial charge on any atom is -0.497 e. The lowest BCUT2D eigenvalue weighted by atomic mass is 9.73. The van der Waals surface area contributed by atoms with E-state index in [9.17, 15) is 0 Å². The second-order valence-electron chi connectivity index (χ2n) is 8.98. The maximum Gasteiger partial charge on any atom is 0.119 e. The lowest BCUT2D eigenvalue weighted by molar-refractivity contribution is -0.00200. The first-order valence-electron chi connectivity index (χ1n) is 11.4. The molecular weight excluding hydrogens is 398 g/mol. The van der Waals surface area contributed by atoms with E-state index in [1.165, 1.54) is 12.0 Å². The molecule has 3 saturated heterocycles. The van der Waals surface area contributed by atoms with Crippen LogP contribution in [-0.2, 0) is 0 Å². The van der Waals surface area contributed by atoms with Gasteiger partial charge in [0.2, 0.25) is 0 Å². The van der Waals surface area contributed by atoms with Gasteiger partial charge in [-0.3, -0.25) is 9.88 Å². The summed E-state index contributed by atoms with van der Waals surface area (Å²) in [6.07, 6.45) is 6.41. The Morgan fingerprint density at radius 3 is 2.59 bits per heavy atom. The van der Waals surface area contributed by atoms with Crippen molar-refractivity contribution >= 4 is 21.9 Å². The Hall–Kier alpha value is -3.25. The third-order valence-corrected chi connectivity index (χ3v) is 7.37. The van der Waals surface area contributed by atoms with Gasteiger partial charge in [0, 0.05) is 24.2 Å². The predicted octanol–water partition coefficient (Wildman–Crippen LogP) is 4.47. The molecule has 7 rings (SSSR count). The van der Waals surface area contributed by atoms with Gasteiger partial charge in [0.1, 0.15) is 22.8 Å². The molecule has 3 aliphatic rings. The van der Waals surface area contributed by atoms with E-state index in [0.29, 0.717) is 17.9 Å². The molecule has 1 unspecified atom stereocenters. The third-order valence-electron chi connectivity index (χ3n) is 7.37. The van der Waals surface area contributed by atoms with E-state index in [2.05, 4.69) is 34.7 Å². The summed E-state index contributed by atoms with van der Waals surface area (Å²) in [4.78, 5) is 9.20. The summed E-state index contributed by atoms with van der Waals surface area (Å²) >= 11 is 0. The molecule has 0 saturated carbocycles. The quantitative estimate of drug-likeness (QED) is 0.442. The Bertz CT molecular complexity index is 1260. The normalized spacial score (nSPS) is 25.8. The number of rotatable bonds is 5. The van der Waals surface area contributed by atoms with E-state index in [1.807, 2.05) is 47.4 Å². The molecule has 0 amide bonds. The average molecular weight is 426 g/mol. The van der Waals surface area contributed by atoms with Crippen LogP contribution in [0, 0.1) is 11.8 Å². The highest BCUT2D eigenvalue weighted by Gasteiger charge is 2.44. The van der Waals surface area contributed by atoms with Crippen LogP contribution in [0.4, 0.5) is 0 Å². The number of hydrogen-bond acceptors (Lipinski definition) is 5. The van der Waals surface area contributed by atoms with E-state index in [-0.39, 0.29) is 6.04 Å². The highest BCUT2D eigenvalue weighted by molar-refractivity contribution is 5.84. The Kier molecular flexibility index (Phi) is 4.68. The van der Waals surface area contributed by atoms with Gasteiger partial charge in [0.15, 0.2) is 0 Å². The molecule has 5 heterocycles. The largest absolute Gasteiger partial charge is 0.497 e. The van der Waals surface area contributed by atoms with Gasteiger partial charge < -0.3 is 4.74 Å². The molecule has 6 heteroatoms. The first-order chi connectivity index (χ1) is 15.7. The number of hydrogen-bond donors (Lipinski definition) is 0. The molecule has 6 nitrogen and oxygen atoms in total. The van der Waals surface area contributed by atoms with Gasteiger partial charge in [-0.25, -0.2) is 0 Å². The van der Waals surface area contributed by atoms with Gasteiger partial charge in [0.05, 0.1) is 12.6 Å². The van der Waals surface area contributed by atoms with Crippen LogP contribution in [0.2, 0.25) is 0 Å². The van der Waals surface area contributed by atoms with Crippen molar-refractivity contribution in [2.45, 2.75) is 24.9 Å². The van der Waals surface area contributed by atoms with Crippen LogP contribution in [0.5, 0.6) is 5.75 Å². The van der Waals surface area contributed by atoms with Crippen LogP contribution >= 0.6 is 0 Å². The number of aromatic nitrogens is 4. The van der Waals surface area contributed by atoms with Crippen molar-refractivity contribution in [1.29, 1.82) is 0 Å². The van der Waals surface area contributed by atoms with Gasteiger partial charge in [-0.1, -0.05) is 18.2 Å². The number of pyridine rings is 1. The van der Waals surface area contributed by atoms with Crippen LogP contribution in [0.15, 0.2) is 67.4 Å². The number of fused-ring (bicyclic) bond motifs is 5. The highest BCUT2D eigenvalue weighted by Crippen LogP contribution is 2.43. The molecule has 162 valence electrons. The maximum atomic E-state index is 5.55. The zero-order valence-electron chi connectivity index (χ0n) is 18.3. The first kappa shape index (κ1) is 19.4. The second-order valence-corrected chi connectivity index (χ2v) is 8.98. The van der Waals surface area contributed by atoms with Crippen molar-refractivity contribution in [3.8, 4) is 5.75 Å². The molecular formula is C26H27N5O. The van der Waals surface area contributed by atoms with Gasteiger partial charge in [-0.05, 0) is 73.2 Å². The summed E-state index contributed by atoms with van der Waals surface area (Å²) in [6, 6.07) is 16.6. The molecule has 0 aliphatic carbocycles. The number of piperidine rings is 3. The average Bonchev–Trinajstić information content (AvgIpc) is 3.28. The van der Waals surface area contributed by atoms with Gasteiger partial charge in [-0.2, -0.15) is 15.0 Å². The van der Waals surface area contributed by atoms with Gasteiger partial charge in [-0.15, -0.1) is 6.58 Å². The molecule has 4 aromatic rings. The van der Waals surface area contributed by atoms with Crippen molar-refractivity contribution in [3.05, 3.63) is 72.9 Å². The number of ether oxygens (including phenoxy) is 1. The number of benzene rings is 2. The fraction of sp³-hybridized carbons (Fsp3) is 0.346. The van der Waals surface area contributed by atoms with E-state index in [4.69, 9.17) is 14.9 Å². The molecule has 32 heavy (non-hydrogen) atoms. The summed E-state index contributed by atoms with van der Waals surface area (Å²) in [5.74, 6) is 2.07. The Morgan fingerprint density at radius 2 is 1.91 bits per heavy atom. The minimum atomic E-state index is -0.00595. The fourth-order valence-electron chi connectivity index (χ4n) is 5.72. The zero-order valence-corrected chi connectivity index (χ0v) is 18.3. The Morgan fingerprint density at radius 1 is 1.09 bits per heavy atom. The smallest absolute Gasteiger partial charge is 0.119 e. The summed E-state index contributed by atoms with van der Waals surface area (Å²) in [5.41, 5.74) is 4.01. The van der Waals surface area contributed by atoms with Crippen molar-refractivity contribution in [2.75, 3.05) is 20.2 Å². The monoisotopic (exact) mass is 425 g/mol. The number of methoxy groups -OCH3 is 1. The molecule has 0 N–H and O–H groups in total. The number of nitrogens with zero attached hydrogens (tertiary/aromatic N) is 5. The van der Waals surface area contributed by atoms with Gasteiger partial charge in [0.25, 0.3) is 0 Å². The van der Waals surface area contributed by atoms with Crippen LogP contribution in [0.25, 0.3) is 21.9 Å². The standard InChI is InChI=1S/C26H27N5O/c1-3-17-16-30-13-11-18(17)14-25(30)26(31-28-23-6-4-5-7-24(23)29-31)20-10-12-27-22-9-8-19(32-2)15-21(20)22/h3-10,12,15,17-18,25-26H,1,11,13-14,16H2,2H3/t17-,18-,25-,26-/m0/s1. The molecule has 3 fully saturated rings. The van der Waals surface area contributed by atoms with Crippen molar-refractivity contribution in [2.24, 2.45) is 11.8 Å². The van der Waals surface area contributed by atoms with Crippen molar-refractivity contribution < 1.29 is 4.74 Å². The summed E-state index contributed by atoms with van der Waals surface area (Å²) in [7, 11) is 1.71. The second kappa shape index (κ2) is 7.71. The summed E-state index contributed by atoms with van der Waals surface area (Å²) in [6.45, 7) is 6.27. The van der Waals surface area contributed by atoms with Crippen LogP contribution in [0.1, 0.15) is 24.4 Å². The van der Waals surface area contributed by atoms with Gasteiger partial charge >= 0.3 is 0 Å². The van der Waals surface area contributed by atoms with E-state index in [1.54, 1.807) is 7.11 Å². The zero-order chi connectivity index (χ0) is 21.7. The maximum absolute atomic E-state index is 5.55. The highest BCUT2D eigenvalue weighted by atomic mass is 16.5. The van der Waals surface area contributed by atoms with Crippen LogP contribution < -0.4 is 4.74 Å². The Labute approximate surface area is 187 Å². The lowest BCUT2D eigenvalue weighted by Crippen LogP contribution is -2.56. The van der Waals surface area contributed by atoms with E-state index in [0.717, 1.165) is 47.2 Å². The minimum absolute atomic E-state index is 0.00595. The molecule has 2 aromatic heterocycles. The van der Waals surface area contributed by atoms with Crippen LogP contribution in [0.3, 0.4) is 0 Å². The third kappa shape index (κ3) is 3.09. The van der Waals surface area contributed by atoms with Crippen molar-refractivity contribution in [1.82, 2.24) is 24.9 Å². The molecule has 0 spiro atoms. The molecule has 5 atom stereocenters. The van der Waals surface area contributed by atoms with E-state index >= 15 is 0 Å². The summed E-state index contributed by atoms with van der Waals surface area (Å²) in [5, 5.41) is 11.0. The molecule has 0 radical (unpaired) electrons. The molecule has 2 bridgehead atoms. The van der Waals surface area contributed by atoms with Crippen LogP contribution in [-0.4, -0.2) is 51.1 Å². The van der Waals surface area contributed by atoms with E-state index < -0.39 is 0 Å². The lowest BCUT2D eigenvalue weighted by Gasteiger charge is -2.51. The first-order valence-corrected chi connectivity index (χ1v) is 11.4.